The molecule has 0 aromatic rings. The van der Waals surface area contributed by atoms with Crippen molar-refractivity contribution in [2.75, 3.05) is 0 Å². The van der Waals surface area contributed by atoms with Crippen LogP contribution >= 0.6 is 0 Å². The Labute approximate surface area is 99.5 Å². The summed E-state index contributed by atoms with van der Waals surface area (Å²) < 4.78 is 11.9. The van der Waals surface area contributed by atoms with Gasteiger partial charge in [-0.25, -0.2) is 0 Å². The van der Waals surface area contributed by atoms with E-state index in [0.29, 0.717) is 12.0 Å². The first-order chi connectivity index (χ1) is 7.22. The standard InChI is InChI=1S/C13H22O2Si/c1-9(2)10-7-11-13(3,14-11)12(8-10)15-16(4,5)6/h8,10-11H,1,7H2,2-6H3/t10-,11+,13+/m0/s1. The summed E-state index contributed by atoms with van der Waals surface area (Å²) >= 11 is 0. The Balaban J connectivity index is 2.22. The summed E-state index contributed by atoms with van der Waals surface area (Å²) in [5.74, 6) is 1.47. The van der Waals surface area contributed by atoms with E-state index in [0.717, 1.165) is 12.2 Å². The van der Waals surface area contributed by atoms with Crippen LogP contribution in [0.1, 0.15) is 20.3 Å². The maximum atomic E-state index is 6.15. The van der Waals surface area contributed by atoms with Crippen LogP contribution in [-0.4, -0.2) is 20.0 Å². The molecule has 1 fully saturated rings. The number of allylic oxidation sites excluding steroid dienone is 2. The molecule has 1 saturated heterocycles. The fourth-order valence-electron chi connectivity index (χ4n) is 2.21. The molecule has 1 heterocycles. The van der Waals surface area contributed by atoms with Gasteiger partial charge >= 0.3 is 0 Å². The van der Waals surface area contributed by atoms with Gasteiger partial charge in [-0.3, -0.25) is 0 Å². The molecule has 0 aromatic carbocycles. The van der Waals surface area contributed by atoms with Crippen molar-refractivity contribution in [1.82, 2.24) is 0 Å². The van der Waals surface area contributed by atoms with Gasteiger partial charge in [-0.05, 0) is 46.0 Å². The van der Waals surface area contributed by atoms with Gasteiger partial charge in [-0.2, -0.15) is 0 Å². The van der Waals surface area contributed by atoms with E-state index >= 15 is 0 Å². The van der Waals surface area contributed by atoms with Crippen LogP contribution in [0.2, 0.25) is 19.6 Å². The Hall–Kier alpha value is -0.543. The third kappa shape index (κ3) is 2.11. The van der Waals surface area contributed by atoms with Gasteiger partial charge in [0.25, 0.3) is 0 Å². The largest absolute Gasteiger partial charge is 0.545 e. The van der Waals surface area contributed by atoms with Crippen LogP contribution in [0.15, 0.2) is 24.0 Å². The molecule has 2 rings (SSSR count). The lowest BCUT2D eigenvalue weighted by molar-refractivity contribution is 0.268. The van der Waals surface area contributed by atoms with Crippen molar-refractivity contribution in [2.45, 2.75) is 51.6 Å². The minimum atomic E-state index is -1.55. The lowest BCUT2D eigenvalue weighted by atomic mass is 9.85. The van der Waals surface area contributed by atoms with E-state index in [1.807, 2.05) is 0 Å². The molecule has 0 aromatic heterocycles. The van der Waals surface area contributed by atoms with E-state index in [4.69, 9.17) is 9.16 Å². The number of rotatable bonds is 3. The Morgan fingerprint density at radius 3 is 2.69 bits per heavy atom. The van der Waals surface area contributed by atoms with Crippen LogP contribution in [0.25, 0.3) is 0 Å². The second-order valence-corrected chi connectivity index (χ2v) is 10.6. The Bertz CT molecular complexity index is 353. The molecule has 0 unspecified atom stereocenters. The Morgan fingerprint density at radius 2 is 2.19 bits per heavy atom. The lowest BCUT2D eigenvalue weighted by Crippen LogP contribution is -2.32. The van der Waals surface area contributed by atoms with Gasteiger partial charge in [0.15, 0.2) is 0 Å². The van der Waals surface area contributed by atoms with Gasteiger partial charge in [-0.15, -0.1) is 0 Å². The smallest absolute Gasteiger partial charge is 0.241 e. The summed E-state index contributed by atoms with van der Waals surface area (Å²) in [7, 11) is -1.55. The van der Waals surface area contributed by atoms with Crippen molar-refractivity contribution in [3.05, 3.63) is 24.0 Å². The first-order valence-corrected chi connectivity index (χ1v) is 9.38. The van der Waals surface area contributed by atoms with Gasteiger partial charge in [0.2, 0.25) is 8.32 Å². The maximum absolute atomic E-state index is 6.15. The molecule has 2 nitrogen and oxygen atoms in total. The minimum absolute atomic E-state index is 0.133. The molecular weight excluding hydrogens is 216 g/mol. The summed E-state index contributed by atoms with van der Waals surface area (Å²) in [6.07, 6.45) is 3.62. The number of epoxide rings is 1. The molecule has 0 amide bonds. The topological polar surface area (TPSA) is 21.8 Å². The summed E-state index contributed by atoms with van der Waals surface area (Å²) in [6, 6.07) is 0. The van der Waals surface area contributed by atoms with Gasteiger partial charge < -0.3 is 9.16 Å². The van der Waals surface area contributed by atoms with Crippen molar-refractivity contribution in [2.24, 2.45) is 5.92 Å². The normalized spacial score (nSPS) is 37.4. The molecule has 1 aliphatic heterocycles. The molecule has 0 bridgehead atoms. The van der Waals surface area contributed by atoms with Crippen molar-refractivity contribution in [1.29, 1.82) is 0 Å². The molecule has 16 heavy (non-hydrogen) atoms. The Kier molecular flexibility index (Phi) is 2.59. The molecule has 0 spiro atoms. The molecule has 0 N–H and O–H groups in total. The van der Waals surface area contributed by atoms with Crippen molar-refractivity contribution in [3.8, 4) is 0 Å². The van der Waals surface area contributed by atoms with Crippen LogP contribution in [0.5, 0.6) is 0 Å². The SMILES string of the molecule is C=C(C)[C@@H]1C=C(O[Si](C)(C)C)[C@]2(C)O[C@@H]2C1. The zero-order valence-corrected chi connectivity index (χ0v) is 12.0. The summed E-state index contributed by atoms with van der Waals surface area (Å²) in [6.45, 7) is 14.9. The predicted molar refractivity (Wildman–Crippen MR) is 68.7 cm³/mol. The zero-order valence-electron chi connectivity index (χ0n) is 11.0. The van der Waals surface area contributed by atoms with E-state index in [1.165, 1.54) is 5.57 Å². The van der Waals surface area contributed by atoms with Crippen molar-refractivity contribution >= 4 is 8.32 Å². The van der Waals surface area contributed by atoms with E-state index in [1.54, 1.807) is 0 Å². The van der Waals surface area contributed by atoms with E-state index in [9.17, 15) is 0 Å². The average Bonchev–Trinajstić information content (AvgIpc) is 2.74. The van der Waals surface area contributed by atoms with Crippen LogP contribution in [0, 0.1) is 5.92 Å². The minimum Gasteiger partial charge on any atom is -0.545 e. The third-order valence-corrected chi connectivity index (χ3v) is 4.14. The Morgan fingerprint density at radius 1 is 1.56 bits per heavy atom. The zero-order chi connectivity index (χ0) is 12.1. The van der Waals surface area contributed by atoms with Gasteiger partial charge in [0, 0.05) is 5.92 Å². The highest BCUT2D eigenvalue weighted by Gasteiger charge is 2.59. The highest BCUT2D eigenvalue weighted by Crippen LogP contribution is 2.51. The van der Waals surface area contributed by atoms with Gasteiger partial charge in [-0.1, -0.05) is 12.2 Å². The highest BCUT2D eigenvalue weighted by molar-refractivity contribution is 6.70. The average molecular weight is 238 g/mol. The maximum Gasteiger partial charge on any atom is 0.241 e. The lowest BCUT2D eigenvalue weighted by Gasteiger charge is -2.28. The molecule has 1 aliphatic carbocycles. The summed E-state index contributed by atoms with van der Waals surface area (Å²) in [4.78, 5) is 0. The summed E-state index contributed by atoms with van der Waals surface area (Å²) in [5.41, 5.74) is 1.07. The number of ether oxygens (including phenoxy) is 1. The predicted octanol–water partition coefficient (Wildman–Crippen LogP) is 3.48. The fraction of sp³-hybridized carbons (Fsp3) is 0.692. The van der Waals surface area contributed by atoms with E-state index < -0.39 is 8.32 Å². The summed E-state index contributed by atoms with van der Waals surface area (Å²) in [5, 5.41) is 0. The first kappa shape index (κ1) is 11.9. The van der Waals surface area contributed by atoms with Gasteiger partial charge in [0.1, 0.15) is 11.4 Å². The molecule has 0 saturated carbocycles. The van der Waals surface area contributed by atoms with Crippen molar-refractivity contribution in [3.63, 3.8) is 0 Å². The fourth-order valence-corrected chi connectivity index (χ4v) is 3.14. The van der Waals surface area contributed by atoms with E-state index in [-0.39, 0.29) is 5.60 Å². The molecular formula is C13H22O2Si. The monoisotopic (exact) mass is 238 g/mol. The first-order valence-electron chi connectivity index (χ1n) is 5.97. The number of hydrogen-bond donors (Lipinski definition) is 0. The molecule has 3 heteroatoms. The molecule has 2 aliphatic rings. The molecule has 0 radical (unpaired) electrons. The number of fused-ring (bicyclic) bond motifs is 1. The van der Waals surface area contributed by atoms with Crippen LogP contribution in [0.3, 0.4) is 0 Å². The van der Waals surface area contributed by atoms with Crippen LogP contribution < -0.4 is 0 Å². The van der Waals surface area contributed by atoms with E-state index in [2.05, 4.69) is 46.1 Å². The molecule has 3 atom stereocenters. The number of hydrogen-bond acceptors (Lipinski definition) is 2. The van der Waals surface area contributed by atoms with Crippen molar-refractivity contribution < 1.29 is 9.16 Å². The highest BCUT2D eigenvalue weighted by atomic mass is 28.4. The second kappa shape index (κ2) is 3.47. The second-order valence-electron chi connectivity index (χ2n) is 6.15. The van der Waals surface area contributed by atoms with Gasteiger partial charge in [0.05, 0.1) is 6.10 Å². The van der Waals surface area contributed by atoms with Crippen LogP contribution in [0.4, 0.5) is 0 Å². The quantitative estimate of drug-likeness (QED) is 0.426. The third-order valence-electron chi connectivity index (χ3n) is 3.30. The molecule has 90 valence electrons. The van der Waals surface area contributed by atoms with Crippen LogP contribution in [-0.2, 0) is 9.16 Å².